The maximum atomic E-state index is 3.52. The van der Waals surface area contributed by atoms with Crippen molar-refractivity contribution in [1.82, 2.24) is 10.2 Å². The molecule has 0 bridgehead atoms. The topological polar surface area (TPSA) is 15.3 Å². The fraction of sp³-hybridized carbons (Fsp3) is 0.538. The highest BCUT2D eigenvalue weighted by Gasteiger charge is 2.24. The van der Waals surface area contributed by atoms with Crippen molar-refractivity contribution in [3.8, 4) is 0 Å². The number of benzene rings is 1. The van der Waals surface area contributed by atoms with Crippen LogP contribution in [0.1, 0.15) is 17.0 Å². The van der Waals surface area contributed by atoms with Crippen LogP contribution >= 0.6 is 0 Å². The molecule has 2 heteroatoms. The highest BCUT2D eigenvalue weighted by Crippen LogP contribution is 2.33. The third-order valence-corrected chi connectivity index (χ3v) is 3.09. The summed E-state index contributed by atoms with van der Waals surface area (Å²) < 4.78 is 0. The quantitative estimate of drug-likeness (QED) is 0.731. The molecule has 0 radical (unpaired) electrons. The van der Waals surface area contributed by atoms with Crippen LogP contribution in [0.25, 0.3) is 0 Å². The van der Waals surface area contributed by atoms with Crippen LogP contribution in [0, 0.1) is 0 Å². The normalized spacial score (nSPS) is 18.7. The summed E-state index contributed by atoms with van der Waals surface area (Å²) in [7, 11) is 4.22. The van der Waals surface area contributed by atoms with E-state index in [-0.39, 0.29) is 0 Å². The van der Waals surface area contributed by atoms with E-state index >= 15 is 0 Å². The van der Waals surface area contributed by atoms with Gasteiger partial charge in [-0.25, -0.2) is 0 Å². The van der Waals surface area contributed by atoms with Gasteiger partial charge >= 0.3 is 0 Å². The van der Waals surface area contributed by atoms with E-state index in [4.69, 9.17) is 0 Å². The second kappa shape index (κ2) is 4.77. The highest BCUT2D eigenvalue weighted by molar-refractivity contribution is 5.40. The number of nitrogens with one attached hydrogen (secondary N) is 1. The molecule has 0 spiro atoms. The van der Waals surface area contributed by atoms with E-state index in [2.05, 4.69) is 48.6 Å². The van der Waals surface area contributed by atoms with E-state index in [1.165, 1.54) is 12.0 Å². The van der Waals surface area contributed by atoms with Crippen molar-refractivity contribution >= 4 is 0 Å². The molecule has 0 saturated carbocycles. The fourth-order valence-electron chi connectivity index (χ4n) is 2.12. The van der Waals surface area contributed by atoms with E-state index < -0.39 is 0 Å². The highest BCUT2D eigenvalue weighted by atomic mass is 15.1. The van der Waals surface area contributed by atoms with Gasteiger partial charge in [-0.15, -0.1) is 0 Å². The molecule has 0 saturated heterocycles. The van der Waals surface area contributed by atoms with Gasteiger partial charge in [0, 0.05) is 25.6 Å². The van der Waals surface area contributed by atoms with Crippen molar-refractivity contribution in [1.29, 1.82) is 0 Å². The van der Waals surface area contributed by atoms with Crippen molar-refractivity contribution in [2.24, 2.45) is 0 Å². The molecule has 1 aromatic rings. The Labute approximate surface area is 92.3 Å². The molecular formula is C13H20N2. The van der Waals surface area contributed by atoms with Crippen LogP contribution in [0.5, 0.6) is 0 Å². The Morgan fingerprint density at radius 3 is 2.87 bits per heavy atom. The molecule has 1 atom stereocenters. The van der Waals surface area contributed by atoms with E-state index in [9.17, 15) is 0 Å². The average molecular weight is 204 g/mol. The molecule has 0 heterocycles. The lowest BCUT2D eigenvalue weighted by Gasteiger charge is -2.30. The molecule has 15 heavy (non-hydrogen) atoms. The van der Waals surface area contributed by atoms with Gasteiger partial charge in [-0.1, -0.05) is 24.3 Å². The SMILES string of the molecule is CN(C)CCNCC1Cc2ccccc21. The van der Waals surface area contributed by atoms with Crippen LogP contribution in [0.4, 0.5) is 0 Å². The molecule has 1 unspecified atom stereocenters. The number of nitrogens with zero attached hydrogens (tertiary/aromatic N) is 1. The van der Waals surface area contributed by atoms with Crippen molar-refractivity contribution in [3.63, 3.8) is 0 Å². The number of hydrogen-bond acceptors (Lipinski definition) is 2. The maximum Gasteiger partial charge on any atom is 0.0101 e. The van der Waals surface area contributed by atoms with Gasteiger partial charge in [0.15, 0.2) is 0 Å². The molecule has 0 aromatic heterocycles. The third kappa shape index (κ3) is 2.58. The molecule has 0 aliphatic heterocycles. The van der Waals surface area contributed by atoms with E-state index in [0.29, 0.717) is 0 Å². The van der Waals surface area contributed by atoms with Gasteiger partial charge in [-0.3, -0.25) is 0 Å². The smallest absolute Gasteiger partial charge is 0.0101 e. The Morgan fingerprint density at radius 2 is 2.13 bits per heavy atom. The minimum absolute atomic E-state index is 0.753. The average Bonchev–Trinajstić information content (AvgIpc) is 2.18. The van der Waals surface area contributed by atoms with Gasteiger partial charge in [0.05, 0.1) is 0 Å². The van der Waals surface area contributed by atoms with Crippen LogP contribution in [-0.4, -0.2) is 38.6 Å². The monoisotopic (exact) mass is 204 g/mol. The molecule has 82 valence electrons. The van der Waals surface area contributed by atoms with Gasteiger partial charge in [-0.05, 0) is 31.6 Å². The Balaban J connectivity index is 1.71. The Kier molecular flexibility index (Phi) is 3.39. The molecule has 0 fully saturated rings. The zero-order valence-corrected chi connectivity index (χ0v) is 9.66. The maximum absolute atomic E-state index is 3.52. The zero-order valence-electron chi connectivity index (χ0n) is 9.66. The van der Waals surface area contributed by atoms with E-state index in [1.807, 2.05) is 0 Å². The Hall–Kier alpha value is -0.860. The Bertz CT molecular complexity index is 320. The lowest BCUT2D eigenvalue weighted by molar-refractivity contribution is 0.393. The Morgan fingerprint density at radius 1 is 1.33 bits per heavy atom. The summed E-state index contributed by atoms with van der Waals surface area (Å²) in [6.07, 6.45) is 1.26. The predicted octanol–water partition coefficient (Wildman–Crippen LogP) is 1.48. The summed E-state index contributed by atoms with van der Waals surface area (Å²) in [6.45, 7) is 3.34. The number of hydrogen-bond donors (Lipinski definition) is 1. The minimum Gasteiger partial charge on any atom is -0.315 e. The standard InChI is InChI=1S/C13H20N2/c1-15(2)8-7-14-10-12-9-11-5-3-4-6-13(11)12/h3-6,12,14H,7-10H2,1-2H3. The number of likely N-dealkylation sites (N-methyl/N-ethyl adjacent to an activating group) is 1. The van der Waals surface area contributed by atoms with E-state index in [0.717, 1.165) is 25.6 Å². The summed E-state index contributed by atoms with van der Waals surface area (Å²) in [5.41, 5.74) is 3.09. The van der Waals surface area contributed by atoms with Crippen molar-refractivity contribution < 1.29 is 0 Å². The van der Waals surface area contributed by atoms with Gasteiger partial charge < -0.3 is 10.2 Å². The largest absolute Gasteiger partial charge is 0.315 e. The zero-order chi connectivity index (χ0) is 10.7. The molecule has 1 aliphatic carbocycles. The van der Waals surface area contributed by atoms with Gasteiger partial charge in [0.2, 0.25) is 0 Å². The predicted molar refractivity (Wildman–Crippen MR) is 64.3 cm³/mol. The van der Waals surface area contributed by atoms with Gasteiger partial charge in [0.25, 0.3) is 0 Å². The summed E-state index contributed by atoms with van der Waals surface area (Å²) >= 11 is 0. The van der Waals surface area contributed by atoms with Crippen LogP contribution in [0.15, 0.2) is 24.3 Å². The summed E-state index contributed by atoms with van der Waals surface area (Å²) in [5.74, 6) is 0.753. The van der Waals surface area contributed by atoms with Crippen LogP contribution in [0.3, 0.4) is 0 Å². The first kappa shape index (κ1) is 10.7. The molecule has 1 aliphatic rings. The van der Waals surface area contributed by atoms with Crippen LogP contribution in [0.2, 0.25) is 0 Å². The number of rotatable bonds is 5. The molecule has 1 aromatic carbocycles. The van der Waals surface area contributed by atoms with Crippen LogP contribution < -0.4 is 5.32 Å². The summed E-state index contributed by atoms with van der Waals surface area (Å²) in [4.78, 5) is 2.21. The van der Waals surface area contributed by atoms with Gasteiger partial charge in [-0.2, -0.15) is 0 Å². The number of fused-ring (bicyclic) bond motifs is 1. The first-order valence-electron chi connectivity index (χ1n) is 5.70. The fourth-order valence-corrected chi connectivity index (χ4v) is 2.12. The van der Waals surface area contributed by atoms with Crippen LogP contribution in [-0.2, 0) is 6.42 Å². The first-order chi connectivity index (χ1) is 7.27. The minimum atomic E-state index is 0.753. The molecule has 2 rings (SSSR count). The lowest BCUT2D eigenvalue weighted by Crippen LogP contribution is -2.33. The third-order valence-electron chi connectivity index (χ3n) is 3.09. The van der Waals surface area contributed by atoms with Crippen molar-refractivity contribution in [3.05, 3.63) is 35.4 Å². The van der Waals surface area contributed by atoms with Gasteiger partial charge in [0.1, 0.15) is 0 Å². The summed E-state index contributed by atoms with van der Waals surface area (Å²) in [5, 5.41) is 3.52. The molecule has 2 nitrogen and oxygen atoms in total. The molecule has 0 amide bonds. The lowest BCUT2D eigenvalue weighted by atomic mass is 9.78. The second-order valence-corrected chi connectivity index (χ2v) is 4.61. The summed E-state index contributed by atoms with van der Waals surface area (Å²) in [6, 6.07) is 8.78. The van der Waals surface area contributed by atoms with Crippen molar-refractivity contribution in [2.75, 3.05) is 33.7 Å². The van der Waals surface area contributed by atoms with E-state index in [1.54, 1.807) is 5.56 Å². The molecule has 1 N–H and O–H groups in total. The molecular weight excluding hydrogens is 184 g/mol. The first-order valence-corrected chi connectivity index (χ1v) is 5.70. The second-order valence-electron chi connectivity index (χ2n) is 4.61. The van der Waals surface area contributed by atoms with Crippen molar-refractivity contribution in [2.45, 2.75) is 12.3 Å².